The molecule has 0 aromatic heterocycles. The van der Waals surface area contributed by atoms with Crippen LogP contribution in [0.4, 0.5) is 0 Å². The SMILES string of the molecule is CC(C)N(CC1CCCNC1)C1CCCN(C)C1. The van der Waals surface area contributed by atoms with Crippen LogP contribution in [0, 0.1) is 5.92 Å². The van der Waals surface area contributed by atoms with E-state index in [9.17, 15) is 0 Å². The summed E-state index contributed by atoms with van der Waals surface area (Å²) in [7, 11) is 2.27. The maximum absolute atomic E-state index is 3.55. The first-order valence-corrected chi connectivity index (χ1v) is 7.82. The second-order valence-corrected chi connectivity index (χ2v) is 6.56. The Hall–Kier alpha value is -0.120. The van der Waals surface area contributed by atoms with Crippen LogP contribution < -0.4 is 5.32 Å². The van der Waals surface area contributed by atoms with Gasteiger partial charge in [0.25, 0.3) is 0 Å². The largest absolute Gasteiger partial charge is 0.316 e. The van der Waals surface area contributed by atoms with Crippen LogP contribution >= 0.6 is 0 Å². The minimum Gasteiger partial charge on any atom is -0.316 e. The summed E-state index contributed by atoms with van der Waals surface area (Å²) in [6.45, 7) is 11.0. The summed E-state index contributed by atoms with van der Waals surface area (Å²) in [6, 6.07) is 1.47. The lowest BCUT2D eigenvalue weighted by Gasteiger charge is -2.42. The molecule has 2 rings (SSSR count). The average Bonchev–Trinajstić information content (AvgIpc) is 2.37. The van der Waals surface area contributed by atoms with E-state index in [1.165, 1.54) is 58.4 Å². The van der Waals surface area contributed by atoms with E-state index in [2.05, 4.69) is 36.0 Å². The maximum atomic E-state index is 3.55. The summed E-state index contributed by atoms with van der Waals surface area (Å²) >= 11 is 0. The fourth-order valence-corrected chi connectivity index (χ4v) is 3.57. The Kier molecular flexibility index (Phi) is 5.46. The zero-order chi connectivity index (χ0) is 13.0. The van der Waals surface area contributed by atoms with Crippen LogP contribution in [-0.2, 0) is 0 Å². The highest BCUT2D eigenvalue weighted by Gasteiger charge is 2.27. The number of hydrogen-bond acceptors (Lipinski definition) is 3. The Bertz CT molecular complexity index is 236. The number of piperidine rings is 2. The van der Waals surface area contributed by atoms with Gasteiger partial charge in [-0.1, -0.05) is 0 Å². The van der Waals surface area contributed by atoms with E-state index in [1.807, 2.05) is 0 Å². The quantitative estimate of drug-likeness (QED) is 0.824. The average molecular weight is 253 g/mol. The molecule has 2 unspecified atom stereocenters. The van der Waals surface area contributed by atoms with Crippen molar-refractivity contribution in [2.75, 3.05) is 39.8 Å². The number of nitrogens with one attached hydrogen (secondary N) is 1. The van der Waals surface area contributed by atoms with E-state index in [1.54, 1.807) is 0 Å². The van der Waals surface area contributed by atoms with Crippen molar-refractivity contribution < 1.29 is 0 Å². The van der Waals surface area contributed by atoms with Gasteiger partial charge in [-0.3, -0.25) is 4.90 Å². The standard InChI is InChI=1S/C15H31N3/c1-13(2)18(11-14-6-4-8-16-10-14)15-7-5-9-17(3)12-15/h13-16H,4-12H2,1-3H3. The van der Waals surface area contributed by atoms with Gasteiger partial charge in [-0.15, -0.1) is 0 Å². The molecule has 0 saturated carbocycles. The second kappa shape index (κ2) is 6.88. The van der Waals surface area contributed by atoms with Crippen molar-refractivity contribution in [3.8, 4) is 0 Å². The summed E-state index contributed by atoms with van der Waals surface area (Å²) in [6.07, 6.45) is 5.54. The molecule has 2 aliphatic rings. The molecule has 1 N–H and O–H groups in total. The van der Waals surface area contributed by atoms with Gasteiger partial charge in [0, 0.05) is 25.2 Å². The van der Waals surface area contributed by atoms with Crippen LogP contribution in [0.25, 0.3) is 0 Å². The van der Waals surface area contributed by atoms with Crippen LogP contribution in [-0.4, -0.2) is 61.7 Å². The number of hydrogen-bond donors (Lipinski definition) is 1. The summed E-state index contributed by atoms with van der Waals surface area (Å²) in [5.74, 6) is 0.869. The lowest BCUT2D eigenvalue weighted by Crippen LogP contribution is -2.52. The lowest BCUT2D eigenvalue weighted by molar-refractivity contribution is 0.0671. The van der Waals surface area contributed by atoms with Crippen molar-refractivity contribution in [3.63, 3.8) is 0 Å². The maximum Gasteiger partial charge on any atom is 0.0226 e. The Balaban J connectivity index is 1.89. The van der Waals surface area contributed by atoms with Gasteiger partial charge in [-0.2, -0.15) is 0 Å². The Labute approximate surface area is 113 Å². The molecule has 2 saturated heterocycles. The Morgan fingerprint density at radius 3 is 2.72 bits per heavy atom. The van der Waals surface area contributed by atoms with Crippen LogP contribution in [0.2, 0.25) is 0 Å². The fraction of sp³-hybridized carbons (Fsp3) is 1.00. The van der Waals surface area contributed by atoms with Gasteiger partial charge in [0.2, 0.25) is 0 Å². The predicted octanol–water partition coefficient (Wildman–Crippen LogP) is 1.79. The molecule has 0 aliphatic carbocycles. The van der Waals surface area contributed by atoms with Gasteiger partial charge >= 0.3 is 0 Å². The topological polar surface area (TPSA) is 18.5 Å². The predicted molar refractivity (Wildman–Crippen MR) is 78.0 cm³/mol. The Morgan fingerprint density at radius 2 is 2.11 bits per heavy atom. The van der Waals surface area contributed by atoms with Crippen LogP contribution in [0.15, 0.2) is 0 Å². The Morgan fingerprint density at radius 1 is 1.28 bits per heavy atom. The second-order valence-electron chi connectivity index (χ2n) is 6.56. The van der Waals surface area contributed by atoms with Crippen molar-refractivity contribution in [1.82, 2.24) is 15.1 Å². The molecular formula is C15H31N3. The van der Waals surface area contributed by atoms with E-state index < -0.39 is 0 Å². The van der Waals surface area contributed by atoms with Gasteiger partial charge in [-0.25, -0.2) is 0 Å². The third-order valence-corrected chi connectivity index (χ3v) is 4.60. The molecule has 3 nitrogen and oxygen atoms in total. The highest BCUT2D eigenvalue weighted by atomic mass is 15.2. The molecule has 0 aromatic rings. The molecule has 0 spiro atoms. The molecule has 2 atom stereocenters. The molecule has 0 bridgehead atoms. The summed E-state index contributed by atoms with van der Waals surface area (Å²) < 4.78 is 0. The molecule has 0 aromatic carbocycles. The van der Waals surface area contributed by atoms with Crippen molar-refractivity contribution in [1.29, 1.82) is 0 Å². The lowest BCUT2D eigenvalue weighted by atomic mass is 9.95. The molecule has 2 aliphatic heterocycles. The zero-order valence-electron chi connectivity index (χ0n) is 12.5. The van der Waals surface area contributed by atoms with E-state index in [0.29, 0.717) is 6.04 Å². The smallest absolute Gasteiger partial charge is 0.0226 e. The van der Waals surface area contributed by atoms with E-state index in [4.69, 9.17) is 0 Å². The van der Waals surface area contributed by atoms with E-state index >= 15 is 0 Å². The zero-order valence-corrected chi connectivity index (χ0v) is 12.5. The molecular weight excluding hydrogens is 222 g/mol. The van der Waals surface area contributed by atoms with Gasteiger partial charge in [-0.05, 0) is 72.1 Å². The van der Waals surface area contributed by atoms with Crippen molar-refractivity contribution in [2.45, 2.75) is 51.6 Å². The normalized spacial score (nSPS) is 31.2. The first kappa shape index (κ1) is 14.3. The van der Waals surface area contributed by atoms with E-state index in [0.717, 1.165) is 12.0 Å². The van der Waals surface area contributed by atoms with Crippen LogP contribution in [0.1, 0.15) is 39.5 Å². The first-order valence-electron chi connectivity index (χ1n) is 7.82. The van der Waals surface area contributed by atoms with Crippen molar-refractivity contribution >= 4 is 0 Å². The molecule has 2 fully saturated rings. The van der Waals surface area contributed by atoms with Gasteiger partial charge in [0.1, 0.15) is 0 Å². The van der Waals surface area contributed by atoms with Gasteiger partial charge < -0.3 is 10.2 Å². The highest BCUT2D eigenvalue weighted by Crippen LogP contribution is 2.21. The number of rotatable bonds is 4. The van der Waals surface area contributed by atoms with Gasteiger partial charge in [0.05, 0.1) is 0 Å². The molecule has 2 heterocycles. The van der Waals surface area contributed by atoms with Crippen LogP contribution in [0.5, 0.6) is 0 Å². The number of likely N-dealkylation sites (N-methyl/N-ethyl adjacent to an activating group) is 1. The minimum absolute atomic E-state index is 0.684. The summed E-state index contributed by atoms with van der Waals surface area (Å²) in [5.41, 5.74) is 0. The van der Waals surface area contributed by atoms with Gasteiger partial charge in [0.15, 0.2) is 0 Å². The molecule has 0 amide bonds. The first-order chi connectivity index (χ1) is 8.66. The third kappa shape index (κ3) is 3.94. The molecule has 0 radical (unpaired) electrons. The molecule has 106 valence electrons. The summed E-state index contributed by atoms with van der Waals surface area (Å²) in [4.78, 5) is 5.27. The highest BCUT2D eigenvalue weighted by molar-refractivity contribution is 4.84. The summed E-state index contributed by atoms with van der Waals surface area (Å²) in [5, 5.41) is 3.55. The van der Waals surface area contributed by atoms with E-state index in [-0.39, 0.29) is 0 Å². The minimum atomic E-state index is 0.684. The van der Waals surface area contributed by atoms with Crippen molar-refractivity contribution in [3.05, 3.63) is 0 Å². The monoisotopic (exact) mass is 253 g/mol. The number of nitrogens with zero attached hydrogens (tertiary/aromatic N) is 2. The molecule has 3 heteroatoms. The fourth-order valence-electron chi connectivity index (χ4n) is 3.57. The van der Waals surface area contributed by atoms with Crippen molar-refractivity contribution in [2.24, 2.45) is 5.92 Å². The third-order valence-electron chi connectivity index (χ3n) is 4.60. The molecule has 18 heavy (non-hydrogen) atoms. The van der Waals surface area contributed by atoms with Crippen LogP contribution in [0.3, 0.4) is 0 Å². The number of likely N-dealkylation sites (tertiary alicyclic amines) is 1.